The van der Waals surface area contributed by atoms with Gasteiger partial charge in [-0.3, -0.25) is 9.59 Å². The summed E-state index contributed by atoms with van der Waals surface area (Å²) < 4.78 is 18.4. The van der Waals surface area contributed by atoms with E-state index in [1.165, 1.54) is 0 Å². The van der Waals surface area contributed by atoms with Crippen molar-refractivity contribution < 1.29 is 28.6 Å². The number of Topliss-reactive ketones (excluding diaryl/α,β-unsaturated/α-hetero) is 1. The SMILES string of the molecule is C[C@H]1NC(=O)N[C@H]1CCCCCC(=O)NCCOCCOCCOCCn1cc(CCC2(CC(=O)C(C)(C)C)N=N2)nn1. The molecule has 1 saturated heterocycles. The fraction of sp³-hybridized carbons (Fsp3) is 0.828. The Morgan fingerprint density at radius 3 is 2.35 bits per heavy atom. The molecule has 0 aliphatic carbocycles. The normalized spacial score (nSPS) is 18.8. The molecule has 0 saturated carbocycles. The van der Waals surface area contributed by atoms with Gasteiger partial charge < -0.3 is 30.2 Å². The summed E-state index contributed by atoms with van der Waals surface area (Å²) in [6.45, 7) is 11.6. The van der Waals surface area contributed by atoms with Gasteiger partial charge in [0.1, 0.15) is 5.78 Å². The van der Waals surface area contributed by atoms with E-state index in [4.69, 9.17) is 14.2 Å². The number of urea groups is 1. The Hall–Kier alpha value is -2.97. The molecule has 3 rings (SSSR count). The van der Waals surface area contributed by atoms with Crippen LogP contribution in [0.5, 0.6) is 0 Å². The predicted octanol–water partition coefficient (Wildman–Crippen LogP) is 2.56. The highest BCUT2D eigenvalue weighted by atomic mass is 16.5. The van der Waals surface area contributed by atoms with E-state index in [0.29, 0.717) is 78.4 Å². The zero-order valence-corrected chi connectivity index (χ0v) is 26.2. The Kier molecular flexibility index (Phi) is 13.9. The van der Waals surface area contributed by atoms with Gasteiger partial charge in [0, 0.05) is 37.0 Å². The minimum absolute atomic E-state index is 0.0335. The van der Waals surface area contributed by atoms with Gasteiger partial charge in [0.05, 0.1) is 64.3 Å². The zero-order chi connectivity index (χ0) is 31.1. The van der Waals surface area contributed by atoms with E-state index in [2.05, 4.69) is 36.5 Å². The summed E-state index contributed by atoms with van der Waals surface area (Å²) in [7, 11) is 0. The molecule has 2 aliphatic rings. The number of carbonyl (C=O) groups excluding carboxylic acids is 3. The molecule has 1 fully saturated rings. The van der Waals surface area contributed by atoms with E-state index in [9.17, 15) is 14.4 Å². The molecule has 14 heteroatoms. The van der Waals surface area contributed by atoms with Crippen LogP contribution in [-0.2, 0) is 36.8 Å². The summed E-state index contributed by atoms with van der Waals surface area (Å²) in [6, 6.07) is 0.242. The average molecular weight is 607 g/mol. The van der Waals surface area contributed by atoms with E-state index in [0.717, 1.165) is 31.4 Å². The van der Waals surface area contributed by atoms with Crippen molar-refractivity contribution in [2.24, 2.45) is 15.6 Å². The van der Waals surface area contributed by atoms with Gasteiger partial charge in [0.25, 0.3) is 0 Å². The van der Waals surface area contributed by atoms with Gasteiger partial charge in [-0.2, -0.15) is 10.2 Å². The van der Waals surface area contributed by atoms with Gasteiger partial charge in [-0.05, 0) is 26.2 Å². The van der Waals surface area contributed by atoms with Crippen molar-refractivity contribution >= 4 is 17.7 Å². The highest BCUT2D eigenvalue weighted by molar-refractivity contribution is 5.85. The Morgan fingerprint density at radius 2 is 1.70 bits per heavy atom. The molecule has 0 radical (unpaired) electrons. The molecular formula is C29H50N8O6. The quantitative estimate of drug-likeness (QED) is 0.160. The molecular weight excluding hydrogens is 556 g/mol. The van der Waals surface area contributed by atoms with Crippen LogP contribution in [0.4, 0.5) is 4.79 Å². The third-order valence-electron chi connectivity index (χ3n) is 7.51. The summed E-state index contributed by atoms with van der Waals surface area (Å²) in [4.78, 5) is 35.5. The van der Waals surface area contributed by atoms with Gasteiger partial charge in [0.2, 0.25) is 5.91 Å². The predicted molar refractivity (Wildman–Crippen MR) is 158 cm³/mol. The highest BCUT2D eigenvalue weighted by Gasteiger charge is 2.44. The maximum absolute atomic E-state index is 12.3. The molecule has 3 N–H and O–H groups in total. The molecule has 0 unspecified atom stereocenters. The van der Waals surface area contributed by atoms with Crippen molar-refractivity contribution in [3.63, 3.8) is 0 Å². The molecule has 43 heavy (non-hydrogen) atoms. The Bertz CT molecular complexity index is 1050. The molecule has 1 aromatic heterocycles. The Morgan fingerprint density at radius 1 is 1.00 bits per heavy atom. The number of ketones is 1. The second kappa shape index (κ2) is 17.4. The average Bonchev–Trinajstić information content (AvgIpc) is 3.42. The standard InChI is InChI=1S/C29H50N8O6/c1-22-24(32-27(40)31-22)8-6-5-7-9-26(39)30-12-14-41-16-18-43-19-17-42-15-13-37-21-23(33-36-37)10-11-29(34-35-29)20-25(38)28(2,3)4/h21-22,24H,5-20H2,1-4H3,(H,30,39)(H2,31,32,40)/t22-,24+/m1/s1. The zero-order valence-electron chi connectivity index (χ0n) is 26.2. The van der Waals surface area contributed by atoms with Gasteiger partial charge in [0.15, 0.2) is 5.66 Å². The maximum atomic E-state index is 12.3. The largest absolute Gasteiger partial charge is 0.377 e. The number of aromatic nitrogens is 3. The summed E-state index contributed by atoms with van der Waals surface area (Å²) in [6.07, 6.45) is 7.76. The minimum Gasteiger partial charge on any atom is -0.377 e. The van der Waals surface area contributed by atoms with Crippen LogP contribution in [0.1, 0.15) is 78.3 Å². The Balaban J connectivity index is 1.07. The van der Waals surface area contributed by atoms with Crippen LogP contribution >= 0.6 is 0 Å². The molecule has 3 amide bonds. The molecule has 242 valence electrons. The number of ether oxygens (including phenoxy) is 3. The number of hydrogen-bond acceptors (Lipinski definition) is 10. The van der Waals surface area contributed by atoms with Gasteiger partial charge >= 0.3 is 6.03 Å². The van der Waals surface area contributed by atoms with Crippen LogP contribution in [0.3, 0.4) is 0 Å². The Labute approximate surface area is 254 Å². The third-order valence-corrected chi connectivity index (χ3v) is 7.51. The highest BCUT2D eigenvalue weighted by Crippen LogP contribution is 2.39. The third kappa shape index (κ3) is 13.5. The van der Waals surface area contributed by atoms with Crippen molar-refractivity contribution in [3.8, 4) is 0 Å². The monoisotopic (exact) mass is 606 g/mol. The van der Waals surface area contributed by atoms with Crippen LogP contribution in [0.2, 0.25) is 0 Å². The summed E-state index contributed by atoms with van der Waals surface area (Å²) >= 11 is 0. The topological polar surface area (TPSA) is 170 Å². The number of rotatable bonds is 23. The second-order valence-corrected chi connectivity index (χ2v) is 12.3. The molecule has 14 nitrogen and oxygen atoms in total. The number of unbranched alkanes of at least 4 members (excludes halogenated alkanes) is 2. The number of nitrogens with zero attached hydrogens (tertiary/aromatic N) is 5. The first kappa shape index (κ1) is 34.5. The van der Waals surface area contributed by atoms with Crippen LogP contribution in [0, 0.1) is 5.41 Å². The van der Waals surface area contributed by atoms with E-state index in [1.54, 1.807) is 4.68 Å². The number of nitrogens with one attached hydrogen (secondary N) is 3. The summed E-state index contributed by atoms with van der Waals surface area (Å²) in [5.41, 5.74) is -0.118. The van der Waals surface area contributed by atoms with Crippen molar-refractivity contribution in [1.82, 2.24) is 30.9 Å². The van der Waals surface area contributed by atoms with E-state index in [-0.39, 0.29) is 35.2 Å². The lowest BCUT2D eigenvalue weighted by Gasteiger charge is -2.18. The number of hydrogen-bond donors (Lipinski definition) is 3. The second-order valence-electron chi connectivity index (χ2n) is 12.3. The minimum atomic E-state index is -0.575. The number of aryl methyl sites for hydroxylation is 1. The molecule has 0 aromatic carbocycles. The lowest BCUT2D eigenvalue weighted by Crippen LogP contribution is -2.30. The lowest BCUT2D eigenvalue weighted by atomic mass is 9.85. The molecule has 2 aliphatic heterocycles. The van der Waals surface area contributed by atoms with Gasteiger partial charge in [-0.25, -0.2) is 9.48 Å². The smallest absolute Gasteiger partial charge is 0.315 e. The number of amides is 3. The summed E-state index contributed by atoms with van der Waals surface area (Å²) in [5, 5.41) is 25.3. The van der Waals surface area contributed by atoms with E-state index >= 15 is 0 Å². The first-order valence-electron chi connectivity index (χ1n) is 15.5. The summed E-state index contributed by atoms with van der Waals surface area (Å²) in [5.74, 6) is 0.196. The molecule has 3 heterocycles. The van der Waals surface area contributed by atoms with E-state index < -0.39 is 5.66 Å². The molecule has 0 bridgehead atoms. The van der Waals surface area contributed by atoms with Crippen molar-refractivity contribution in [2.45, 2.75) is 103 Å². The van der Waals surface area contributed by atoms with Crippen LogP contribution in [-0.4, -0.2) is 96.6 Å². The van der Waals surface area contributed by atoms with Gasteiger partial charge in [-0.1, -0.05) is 38.8 Å². The lowest BCUT2D eigenvalue weighted by molar-refractivity contribution is -0.127. The van der Waals surface area contributed by atoms with Crippen molar-refractivity contribution in [1.29, 1.82) is 0 Å². The van der Waals surface area contributed by atoms with E-state index in [1.807, 2.05) is 33.9 Å². The first-order valence-corrected chi connectivity index (χ1v) is 15.5. The first-order chi connectivity index (χ1) is 20.6. The molecule has 0 spiro atoms. The van der Waals surface area contributed by atoms with Crippen molar-refractivity contribution in [2.75, 3.05) is 46.2 Å². The fourth-order valence-electron chi connectivity index (χ4n) is 4.58. The molecule has 1 aromatic rings. The number of carbonyl (C=O) groups is 3. The van der Waals surface area contributed by atoms with Crippen LogP contribution in [0.15, 0.2) is 16.4 Å². The fourth-order valence-corrected chi connectivity index (χ4v) is 4.58. The maximum Gasteiger partial charge on any atom is 0.315 e. The van der Waals surface area contributed by atoms with Gasteiger partial charge in [-0.15, -0.1) is 5.10 Å². The van der Waals surface area contributed by atoms with Crippen LogP contribution < -0.4 is 16.0 Å². The van der Waals surface area contributed by atoms with Crippen molar-refractivity contribution in [3.05, 3.63) is 11.9 Å². The van der Waals surface area contributed by atoms with Crippen LogP contribution in [0.25, 0.3) is 0 Å². The molecule has 2 atom stereocenters.